The number of hydrogen-bond acceptors (Lipinski definition) is 4. The number of rotatable bonds is 2. The Balaban J connectivity index is 2.09. The fraction of sp³-hybridized carbons (Fsp3) is 0.0667. The predicted molar refractivity (Wildman–Crippen MR) is 75.2 cm³/mol. The summed E-state index contributed by atoms with van der Waals surface area (Å²) in [5, 5.41) is 0.931. The Kier molecular flexibility index (Phi) is 2.76. The van der Waals surface area contributed by atoms with E-state index in [2.05, 4.69) is 9.97 Å². The summed E-state index contributed by atoms with van der Waals surface area (Å²) in [6, 6.07) is 11.2. The van der Waals surface area contributed by atoms with Gasteiger partial charge in [0.15, 0.2) is 0 Å². The average Bonchev–Trinajstić information content (AvgIpc) is 2.41. The molecule has 0 fully saturated rings. The van der Waals surface area contributed by atoms with Gasteiger partial charge in [-0.3, -0.25) is 9.97 Å². The highest BCUT2D eigenvalue weighted by atomic mass is 16.5. The molecule has 0 spiro atoms. The number of aromatic nitrogens is 2. The molecule has 0 aliphatic rings. The molecule has 19 heavy (non-hydrogen) atoms. The van der Waals surface area contributed by atoms with E-state index in [0.29, 0.717) is 5.69 Å². The van der Waals surface area contributed by atoms with Crippen molar-refractivity contribution in [2.24, 2.45) is 0 Å². The van der Waals surface area contributed by atoms with Gasteiger partial charge >= 0.3 is 0 Å². The standard InChI is InChI=1S/C15H13N3O/c1-10-14(3-2-7-17-10)19-15-6-8-18-13-9-11(16)4-5-12(13)15/h2-9H,16H2,1H3. The van der Waals surface area contributed by atoms with Crippen molar-refractivity contribution in [1.82, 2.24) is 9.97 Å². The number of hydrogen-bond donors (Lipinski definition) is 1. The van der Waals surface area contributed by atoms with Crippen molar-refractivity contribution >= 4 is 16.6 Å². The zero-order chi connectivity index (χ0) is 13.2. The largest absolute Gasteiger partial charge is 0.455 e. The number of nitrogen functional groups attached to an aromatic ring is 1. The van der Waals surface area contributed by atoms with Gasteiger partial charge < -0.3 is 10.5 Å². The zero-order valence-corrected chi connectivity index (χ0v) is 10.5. The first-order valence-electron chi connectivity index (χ1n) is 5.98. The molecule has 0 aliphatic heterocycles. The lowest BCUT2D eigenvalue weighted by Gasteiger charge is -2.10. The second kappa shape index (κ2) is 4.57. The molecule has 3 rings (SSSR count). The Morgan fingerprint density at radius 3 is 2.74 bits per heavy atom. The van der Waals surface area contributed by atoms with E-state index in [1.165, 1.54) is 0 Å². The van der Waals surface area contributed by atoms with E-state index in [4.69, 9.17) is 10.5 Å². The fourth-order valence-electron chi connectivity index (χ4n) is 1.92. The first-order chi connectivity index (χ1) is 9.24. The van der Waals surface area contributed by atoms with Gasteiger partial charge in [0.25, 0.3) is 0 Å². The molecule has 0 atom stereocenters. The highest BCUT2D eigenvalue weighted by Gasteiger charge is 2.06. The van der Waals surface area contributed by atoms with Crippen LogP contribution >= 0.6 is 0 Å². The third-order valence-electron chi connectivity index (χ3n) is 2.91. The molecular formula is C15H13N3O. The van der Waals surface area contributed by atoms with Crippen LogP contribution in [0, 0.1) is 6.92 Å². The van der Waals surface area contributed by atoms with E-state index in [1.807, 2.05) is 43.3 Å². The Hall–Kier alpha value is -2.62. The van der Waals surface area contributed by atoms with Gasteiger partial charge in [0.05, 0.1) is 11.2 Å². The summed E-state index contributed by atoms with van der Waals surface area (Å²) in [7, 11) is 0. The topological polar surface area (TPSA) is 61.0 Å². The molecular weight excluding hydrogens is 238 g/mol. The van der Waals surface area contributed by atoms with E-state index in [1.54, 1.807) is 12.4 Å². The van der Waals surface area contributed by atoms with Crippen molar-refractivity contribution in [2.75, 3.05) is 5.73 Å². The van der Waals surface area contributed by atoms with Gasteiger partial charge in [-0.1, -0.05) is 0 Å². The summed E-state index contributed by atoms with van der Waals surface area (Å²) in [6.07, 6.45) is 3.45. The first-order valence-corrected chi connectivity index (χ1v) is 5.98. The zero-order valence-electron chi connectivity index (χ0n) is 10.5. The molecule has 0 aliphatic carbocycles. The summed E-state index contributed by atoms with van der Waals surface area (Å²) in [6.45, 7) is 1.91. The van der Waals surface area contributed by atoms with E-state index in [0.717, 1.165) is 28.1 Å². The molecule has 0 amide bonds. The van der Waals surface area contributed by atoms with Crippen molar-refractivity contribution in [3.63, 3.8) is 0 Å². The fourth-order valence-corrected chi connectivity index (χ4v) is 1.92. The number of pyridine rings is 2. The smallest absolute Gasteiger partial charge is 0.148 e. The average molecular weight is 251 g/mol. The molecule has 0 saturated heterocycles. The quantitative estimate of drug-likeness (QED) is 0.710. The molecule has 0 unspecified atom stereocenters. The van der Waals surface area contributed by atoms with Crippen LogP contribution < -0.4 is 10.5 Å². The lowest BCUT2D eigenvalue weighted by atomic mass is 10.2. The van der Waals surface area contributed by atoms with E-state index in [-0.39, 0.29) is 0 Å². The van der Waals surface area contributed by atoms with Gasteiger partial charge in [-0.15, -0.1) is 0 Å². The van der Waals surface area contributed by atoms with E-state index in [9.17, 15) is 0 Å². The van der Waals surface area contributed by atoms with Gasteiger partial charge in [0.1, 0.15) is 11.5 Å². The lowest BCUT2D eigenvalue weighted by Crippen LogP contribution is -1.92. The molecule has 3 aromatic rings. The Morgan fingerprint density at radius 2 is 1.89 bits per heavy atom. The van der Waals surface area contributed by atoms with Gasteiger partial charge in [-0.2, -0.15) is 0 Å². The number of aryl methyl sites for hydroxylation is 1. The number of ether oxygens (including phenoxy) is 1. The summed E-state index contributed by atoms with van der Waals surface area (Å²) in [5.41, 5.74) is 8.12. The van der Waals surface area contributed by atoms with E-state index < -0.39 is 0 Å². The molecule has 4 heteroatoms. The summed E-state index contributed by atoms with van der Waals surface area (Å²) in [4.78, 5) is 8.50. The number of benzene rings is 1. The molecule has 4 nitrogen and oxygen atoms in total. The van der Waals surface area contributed by atoms with Crippen molar-refractivity contribution < 1.29 is 4.74 Å². The van der Waals surface area contributed by atoms with Crippen LogP contribution in [-0.2, 0) is 0 Å². The number of nitrogens with zero attached hydrogens (tertiary/aromatic N) is 2. The minimum atomic E-state index is 0.690. The van der Waals surface area contributed by atoms with Gasteiger partial charge in [-0.25, -0.2) is 0 Å². The van der Waals surface area contributed by atoms with Crippen LogP contribution in [0.2, 0.25) is 0 Å². The van der Waals surface area contributed by atoms with Crippen LogP contribution in [0.15, 0.2) is 48.8 Å². The maximum atomic E-state index is 5.92. The second-order valence-corrected chi connectivity index (χ2v) is 4.27. The van der Waals surface area contributed by atoms with Crippen molar-refractivity contribution in [3.8, 4) is 11.5 Å². The third kappa shape index (κ3) is 2.20. The molecule has 2 N–H and O–H groups in total. The summed E-state index contributed by atoms with van der Waals surface area (Å²) in [5.74, 6) is 1.49. The Morgan fingerprint density at radius 1 is 1.00 bits per heavy atom. The Labute approximate surface area is 110 Å². The Bertz CT molecular complexity index is 740. The molecule has 2 heterocycles. The maximum Gasteiger partial charge on any atom is 0.148 e. The molecule has 1 aromatic carbocycles. The van der Waals surface area contributed by atoms with E-state index >= 15 is 0 Å². The van der Waals surface area contributed by atoms with Crippen LogP contribution in [-0.4, -0.2) is 9.97 Å². The van der Waals surface area contributed by atoms with Gasteiger partial charge in [0.2, 0.25) is 0 Å². The van der Waals surface area contributed by atoms with Crippen molar-refractivity contribution in [3.05, 3.63) is 54.5 Å². The minimum absolute atomic E-state index is 0.690. The van der Waals surface area contributed by atoms with Gasteiger partial charge in [-0.05, 0) is 43.3 Å². The molecule has 2 aromatic heterocycles. The molecule has 0 radical (unpaired) electrons. The SMILES string of the molecule is Cc1ncccc1Oc1ccnc2cc(N)ccc12. The lowest BCUT2D eigenvalue weighted by molar-refractivity contribution is 0.481. The van der Waals surface area contributed by atoms with Crippen LogP contribution in [0.25, 0.3) is 10.9 Å². The van der Waals surface area contributed by atoms with Crippen molar-refractivity contribution in [2.45, 2.75) is 6.92 Å². The number of fused-ring (bicyclic) bond motifs is 1. The molecule has 0 saturated carbocycles. The van der Waals surface area contributed by atoms with Crippen LogP contribution in [0.4, 0.5) is 5.69 Å². The van der Waals surface area contributed by atoms with Crippen LogP contribution in [0.5, 0.6) is 11.5 Å². The normalized spacial score (nSPS) is 10.6. The molecule has 0 bridgehead atoms. The maximum absolute atomic E-state index is 5.92. The summed E-state index contributed by atoms with van der Waals surface area (Å²) < 4.78 is 5.92. The number of anilines is 1. The van der Waals surface area contributed by atoms with Crippen LogP contribution in [0.3, 0.4) is 0 Å². The highest BCUT2D eigenvalue weighted by Crippen LogP contribution is 2.30. The minimum Gasteiger partial charge on any atom is -0.455 e. The predicted octanol–water partition coefficient (Wildman–Crippen LogP) is 3.31. The number of nitrogens with two attached hydrogens (primary N) is 1. The highest BCUT2D eigenvalue weighted by molar-refractivity contribution is 5.87. The van der Waals surface area contributed by atoms with Crippen LogP contribution in [0.1, 0.15) is 5.69 Å². The first kappa shape index (κ1) is 11.5. The van der Waals surface area contributed by atoms with Gasteiger partial charge in [0, 0.05) is 23.5 Å². The second-order valence-electron chi connectivity index (χ2n) is 4.27. The monoisotopic (exact) mass is 251 g/mol. The third-order valence-corrected chi connectivity index (χ3v) is 2.91. The summed E-state index contributed by atoms with van der Waals surface area (Å²) >= 11 is 0. The van der Waals surface area contributed by atoms with Crippen molar-refractivity contribution in [1.29, 1.82) is 0 Å². The molecule has 94 valence electrons.